The Balaban J connectivity index is 0.969. The van der Waals surface area contributed by atoms with Crippen molar-refractivity contribution in [3.63, 3.8) is 0 Å². The first kappa shape index (κ1) is 32.7. The number of anilines is 4. The smallest absolute Gasteiger partial charge is 0.277 e. The Morgan fingerprint density at radius 3 is 2.49 bits per heavy atom. The minimum atomic E-state index is -0.688. The molecular formula is C39H35FN6O4S. The van der Waals surface area contributed by atoms with Crippen LogP contribution in [-0.2, 0) is 11.2 Å². The van der Waals surface area contributed by atoms with Gasteiger partial charge in [-0.15, -0.1) is 11.3 Å². The SMILES string of the molecule is Cc1ccc(C(=O)Nc2ccc(C(=O)N3CCc4cc(NC(=O)c5ncccc5F)sc4-c4ccccc43)cc2)c(N2CC3(CCOCC3)C2)n1. The summed E-state index contributed by atoms with van der Waals surface area (Å²) in [5.41, 5.74) is 4.99. The van der Waals surface area contributed by atoms with Gasteiger partial charge in [-0.05, 0) is 92.4 Å². The van der Waals surface area contributed by atoms with E-state index in [1.54, 1.807) is 29.2 Å². The molecule has 2 fully saturated rings. The van der Waals surface area contributed by atoms with Crippen molar-refractivity contribution < 1.29 is 23.5 Å². The van der Waals surface area contributed by atoms with Crippen LogP contribution in [0.15, 0.2) is 85.1 Å². The number of rotatable bonds is 6. The number of ether oxygens (including phenoxy) is 1. The lowest BCUT2D eigenvalue weighted by atomic mass is 9.73. The molecule has 0 aliphatic carbocycles. The number of pyridine rings is 2. The molecule has 6 heterocycles. The number of nitrogens with zero attached hydrogens (tertiary/aromatic N) is 4. The summed E-state index contributed by atoms with van der Waals surface area (Å²) in [4.78, 5) is 53.8. The molecule has 10 nitrogen and oxygen atoms in total. The molecule has 0 atom stereocenters. The van der Waals surface area contributed by atoms with Crippen LogP contribution in [0.5, 0.6) is 0 Å². The monoisotopic (exact) mass is 702 g/mol. The molecule has 3 aliphatic rings. The molecule has 3 amide bonds. The van der Waals surface area contributed by atoms with E-state index in [2.05, 4.69) is 20.5 Å². The average molecular weight is 703 g/mol. The number of hydrogen-bond acceptors (Lipinski definition) is 8. The summed E-state index contributed by atoms with van der Waals surface area (Å²) in [5, 5.41) is 6.36. The quantitative estimate of drug-likeness (QED) is 0.196. The van der Waals surface area contributed by atoms with E-state index in [1.807, 2.05) is 49.4 Å². The molecule has 51 heavy (non-hydrogen) atoms. The van der Waals surface area contributed by atoms with Crippen LogP contribution in [0.4, 0.5) is 26.6 Å². The van der Waals surface area contributed by atoms with Crippen molar-refractivity contribution in [3.8, 4) is 10.4 Å². The van der Waals surface area contributed by atoms with Gasteiger partial charge in [0, 0.05) is 71.8 Å². The number of benzene rings is 2. The molecule has 3 aliphatic heterocycles. The number of aryl methyl sites for hydroxylation is 1. The van der Waals surface area contributed by atoms with Crippen LogP contribution in [-0.4, -0.2) is 60.5 Å². The van der Waals surface area contributed by atoms with Crippen LogP contribution in [0.25, 0.3) is 10.4 Å². The van der Waals surface area contributed by atoms with Crippen LogP contribution in [0.3, 0.4) is 0 Å². The molecule has 0 saturated carbocycles. The molecule has 3 aromatic heterocycles. The van der Waals surface area contributed by atoms with Gasteiger partial charge in [0.1, 0.15) is 5.82 Å². The Labute approximate surface area is 298 Å². The van der Waals surface area contributed by atoms with Crippen molar-refractivity contribution in [1.82, 2.24) is 9.97 Å². The first-order valence-corrected chi connectivity index (χ1v) is 17.8. The Morgan fingerprint density at radius 1 is 0.922 bits per heavy atom. The predicted octanol–water partition coefficient (Wildman–Crippen LogP) is 6.98. The summed E-state index contributed by atoms with van der Waals surface area (Å²) < 4.78 is 19.7. The summed E-state index contributed by atoms with van der Waals surface area (Å²) >= 11 is 1.38. The van der Waals surface area contributed by atoms with Crippen LogP contribution in [0.1, 0.15) is 55.3 Å². The van der Waals surface area contributed by atoms with Crippen molar-refractivity contribution in [1.29, 1.82) is 0 Å². The van der Waals surface area contributed by atoms with Crippen LogP contribution in [0.2, 0.25) is 0 Å². The van der Waals surface area contributed by atoms with Crippen LogP contribution < -0.4 is 20.4 Å². The first-order valence-electron chi connectivity index (χ1n) is 16.9. The molecule has 0 unspecified atom stereocenters. The highest BCUT2D eigenvalue weighted by Crippen LogP contribution is 2.44. The average Bonchev–Trinajstić information content (AvgIpc) is 3.46. The number of hydrogen-bond donors (Lipinski definition) is 2. The summed E-state index contributed by atoms with van der Waals surface area (Å²) in [6, 6.07) is 22.8. The molecule has 12 heteroatoms. The minimum Gasteiger partial charge on any atom is -0.381 e. The van der Waals surface area contributed by atoms with Gasteiger partial charge in [0.25, 0.3) is 17.7 Å². The fourth-order valence-electron chi connectivity index (χ4n) is 7.14. The maximum absolute atomic E-state index is 14.2. The van der Waals surface area contributed by atoms with Crippen molar-refractivity contribution in [2.75, 3.05) is 53.3 Å². The van der Waals surface area contributed by atoms with E-state index in [1.165, 1.54) is 29.7 Å². The van der Waals surface area contributed by atoms with E-state index in [0.717, 1.165) is 66.5 Å². The third-order valence-electron chi connectivity index (χ3n) is 9.86. The van der Waals surface area contributed by atoms with Gasteiger partial charge < -0.3 is 25.2 Å². The third-order valence-corrected chi connectivity index (χ3v) is 11.0. The van der Waals surface area contributed by atoms with Gasteiger partial charge in [-0.1, -0.05) is 18.2 Å². The lowest BCUT2D eigenvalue weighted by Gasteiger charge is -2.53. The van der Waals surface area contributed by atoms with E-state index in [4.69, 9.17) is 9.72 Å². The van der Waals surface area contributed by atoms with E-state index in [0.29, 0.717) is 40.6 Å². The summed E-state index contributed by atoms with van der Waals surface area (Å²) in [7, 11) is 0. The van der Waals surface area contributed by atoms with Gasteiger partial charge in [-0.3, -0.25) is 14.4 Å². The summed E-state index contributed by atoms with van der Waals surface area (Å²) in [5.74, 6) is -1.03. The van der Waals surface area contributed by atoms with Gasteiger partial charge in [-0.25, -0.2) is 14.4 Å². The summed E-state index contributed by atoms with van der Waals surface area (Å²) in [6.45, 7) is 5.62. The van der Waals surface area contributed by atoms with Crippen LogP contribution >= 0.6 is 11.3 Å². The molecule has 2 aromatic carbocycles. The van der Waals surface area contributed by atoms with Gasteiger partial charge in [0.05, 0.1) is 16.3 Å². The number of thiophene rings is 1. The topological polar surface area (TPSA) is 117 Å². The number of halogens is 1. The maximum atomic E-state index is 14.2. The zero-order valence-electron chi connectivity index (χ0n) is 27.9. The highest BCUT2D eigenvalue weighted by molar-refractivity contribution is 7.19. The molecule has 5 aromatic rings. The second kappa shape index (κ2) is 13.3. The van der Waals surface area contributed by atoms with E-state index >= 15 is 0 Å². The fourth-order valence-corrected chi connectivity index (χ4v) is 8.28. The number of fused-ring (bicyclic) bond motifs is 3. The maximum Gasteiger partial charge on any atom is 0.277 e. The number of carbonyl (C=O) groups excluding carboxylic acids is 3. The van der Waals surface area contributed by atoms with E-state index in [-0.39, 0.29) is 22.9 Å². The van der Waals surface area contributed by atoms with Gasteiger partial charge >= 0.3 is 0 Å². The molecular weight excluding hydrogens is 668 g/mol. The molecule has 1 spiro atoms. The second-order valence-corrected chi connectivity index (χ2v) is 14.4. The second-order valence-electron chi connectivity index (χ2n) is 13.3. The zero-order chi connectivity index (χ0) is 35.1. The molecule has 0 bridgehead atoms. The number of carbonyl (C=O) groups is 3. The minimum absolute atomic E-state index is 0.167. The van der Waals surface area contributed by atoms with Gasteiger partial charge in [0.2, 0.25) is 0 Å². The molecule has 8 rings (SSSR count). The van der Waals surface area contributed by atoms with Crippen molar-refractivity contribution >= 4 is 51.3 Å². The van der Waals surface area contributed by atoms with Gasteiger partial charge in [0.15, 0.2) is 11.5 Å². The molecule has 258 valence electrons. The largest absolute Gasteiger partial charge is 0.381 e. The Kier molecular flexibility index (Phi) is 8.56. The number of para-hydroxylation sites is 1. The lowest BCUT2D eigenvalue weighted by molar-refractivity contribution is -0.000519. The first-order chi connectivity index (χ1) is 24.8. The zero-order valence-corrected chi connectivity index (χ0v) is 28.8. The fraction of sp³-hybridized carbons (Fsp3) is 0.256. The van der Waals surface area contributed by atoms with Crippen molar-refractivity contribution in [2.45, 2.75) is 26.2 Å². The third kappa shape index (κ3) is 6.36. The normalized spacial score (nSPS) is 16.0. The van der Waals surface area contributed by atoms with E-state index in [9.17, 15) is 18.8 Å². The summed E-state index contributed by atoms with van der Waals surface area (Å²) in [6.07, 6.45) is 3.97. The van der Waals surface area contributed by atoms with Gasteiger partial charge in [-0.2, -0.15) is 0 Å². The standard InChI is InChI=1S/C39H35FN6O4S/c1-24-8-13-29(35(42-24)45-22-39(23-45)15-19-50-20-16-39)36(47)43-27-11-9-25(10-12-27)38(49)46-18-14-26-21-32(44-37(48)33-30(40)6-4-17-41-33)51-34(26)28-5-2-3-7-31(28)46/h2-13,17,21H,14-16,18-20,22-23H2,1H3,(H,43,47)(H,44,48). The lowest BCUT2D eigenvalue weighted by Crippen LogP contribution is -2.59. The number of nitrogens with one attached hydrogen (secondary N) is 2. The highest BCUT2D eigenvalue weighted by Gasteiger charge is 2.45. The number of aromatic nitrogens is 2. The Hall–Kier alpha value is -5.46. The predicted molar refractivity (Wildman–Crippen MR) is 195 cm³/mol. The number of amides is 3. The molecule has 0 radical (unpaired) electrons. The molecule has 2 N–H and O–H groups in total. The molecule has 2 saturated heterocycles. The Bertz CT molecular complexity index is 2160. The highest BCUT2D eigenvalue weighted by atomic mass is 32.1. The van der Waals surface area contributed by atoms with Crippen LogP contribution in [0, 0.1) is 18.2 Å². The van der Waals surface area contributed by atoms with Crippen molar-refractivity contribution in [3.05, 3.63) is 119 Å². The van der Waals surface area contributed by atoms with E-state index < -0.39 is 11.7 Å². The Morgan fingerprint density at radius 2 is 1.71 bits per heavy atom. The van der Waals surface area contributed by atoms with Crippen molar-refractivity contribution in [2.24, 2.45) is 5.41 Å².